The number of hydrogen-bond acceptors (Lipinski definition) is 7. The Kier molecular flexibility index (Phi) is 5.19. The van der Waals surface area contributed by atoms with Gasteiger partial charge in [0.25, 0.3) is 16.8 Å². The van der Waals surface area contributed by atoms with Crippen LogP contribution in [0.5, 0.6) is 0 Å². The smallest absolute Gasteiger partial charge is 0.293 e. The largest absolute Gasteiger partial charge is 0.457 e. The molecule has 0 aliphatic carbocycles. The maximum Gasteiger partial charge on any atom is 0.293 e. The van der Waals surface area contributed by atoms with Crippen molar-refractivity contribution in [3.63, 3.8) is 0 Å². The third kappa shape index (κ3) is 3.68. The molecule has 1 aliphatic rings. The van der Waals surface area contributed by atoms with Gasteiger partial charge in [-0.3, -0.25) is 24.6 Å². The highest BCUT2D eigenvalue weighted by Crippen LogP contribution is 2.33. The molecule has 1 aromatic heterocycles. The zero-order chi connectivity index (χ0) is 18.7. The van der Waals surface area contributed by atoms with Gasteiger partial charge in [-0.15, -0.1) is 0 Å². The number of methoxy groups -OCH3 is 1. The Morgan fingerprint density at radius 2 is 1.96 bits per heavy atom. The molecule has 2 aromatic rings. The monoisotopic (exact) mass is 374 g/mol. The molecule has 0 unspecified atom stereocenters. The first-order valence-corrected chi connectivity index (χ1v) is 8.40. The van der Waals surface area contributed by atoms with Crippen molar-refractivity contribution in [1.29, 1.82) is 0 Å². The van der Waals surface area contributed by atoms with Crippen molar-refractivity contribution in [3.8, 4) is 11.3 Å². The second-order valence-corrected chi connectivity index (χ2v) is 6.33. The molecule has 0 bridgehead atoms. The fraction of sp³-hybridized carbons (Fsp3) is 0.176. The van der Waals surface area contributed by atoms with Crippen molar-refractivity contribution in [2.24, 2.45) is 0 Å². The number of imide groups is 1. The Labute approximate surface area is 152 Å². The average molecular weight is 374 g/mol. The van der Waals surface area contributed by atoms with Crippen molar-refractivity contribution >= 4 is 34.7 Å². The number of amides is 2. The van der Waals surface area contributed by atoms with Gasteiger partial charge in [-0.05, 0) is 36.0 Å². The Hall–Kier alpha value is -2.91. The molecule has 3 rings (SSSR count). The fourth-order valence-corrected chi connectivity index (χ4v) is 3.18. The normalized spacial score (nSPS) is 15.9. The van der Waals surface area contributed by atoms with Gasteiger partial charge in [-0.25, -0.2) is 0 Å². The molecule has 26 heavy (non-hydrogen) atoms. The van der Waals surface area contributed by atoms with Crippen molar-refractivity contribution in [1.82, 2.24) is 4.90 Å². The molecule has 1 aromatic carbocycles. The van der Waals surface area contributed by atoms with Crippen LogP contribution in [0.3, 0.4) is 0 Å². The molecular weight excluding hydrogens is 360 g/mol. The van der Waals surface area contributed by atoms with Crippen LogP contribution in [0, 0.1) is 10.1 Å². The zero-order valence-electron chi connectivity index (χ0n) is 13.7. The van der Waals surface area contributed by atoms with E-state index in [-0.39, 0.29) is 34.9 Å². The van der Waals surface area contributed by atoms with E-state index in [2.05, 4.69) is 0 Å². The number of rotatable bonds is 6. The fourth-order valence-electron chi connectivity index (χ4n) is 2.34. The standard InChI is InChI=1S/C17H14N2O6S/c1-24-9-8-18-16(20)15(26-17(18)21)10-13-6-7-14(25-13)11-2-4-12(5-3-11)19(22)23/h2-7,10H,8-9H2,1H3/b15-10-. The molecule has 1 fully saturated rings. The minimum atomic E-state index is -0.475. The maximum atomic E-state index is 12.3. The minimum Gasteiger partial charge on any atom is -0.457 e. The predicted octanol–water partition coefficient (Wildman–Crippen LogP) is 3.54. The van der Waals surface area contributed by atoms with Crippen molar-refractivity contribution < 1.29 is 23.7 Å². The first-order chi connectivity index (χ1) is 12.5. The zero-order valence-corrected chi connectivity index (χ0v) is 14.5. The number of furan rings is 1. The van der Waals surface area contributed by atoms with E-state index in [4.69, 9.17) is 9.15 Å². The number of hydrogen-bond donors (Lipinski definition) is 0. The summed E-state index contributed by atoms with van der Waals surface area (Å²) < 4.78 is 10.6. The number of non-ortho nitro benzene ring substituents is 1. The molecule has 1 aliphatic heterocycles. The van der Waals surface area contributed by atoms with Crippen LogP contribution in [-0.4, -0.2) is 41.2 Å². The van der Waals surface area contributed by atoms with Gasteiger partial charge in [0.1, 0.15) is 11.5 Å². The summed E-state index contributed by atoms with van der Waals surface area (Å²) in [6.45, 7) is 0.473. The average Bonchev–Trinajstić information content (AvgIpc) is 3.19. The summed E-state index contributed by atoms with van der Waals surface area (Å²) in [5.41, 5.74) is 0.661. The Bertz CT molecular complexity index is 887. The summed E-state index contributed by atoms with van der Waals surface area (Å²) in [6, 6.07) is 9.30. The van der Waals surface area contributed by atoms with Gasteiger partial charge >= 0.3 is 0 Å². The highest BCUT2D eigenvalue weighted by atomic mass is 32.2. The van der Waals surface area contributed by atoms with Crippen molar-refractivity contribution in [3.05, 3.63) is 57.2 Å². The van der Waals surface area contributed by atoms with Gasteiger partial charge in [0, 0.05) is 30.9 Å². The molecule has 1 saturated heterocycles. The SMILES string of the molecule is COCCN1C(=O)S/C(=C\c2ccc(-c3ccc([N+](=O)[O-])cc3)o2)C1=O. The lowest BCUT2D eigenvalue weighted by Gasteiger charge is -2.10. The highest BCUT2D eigenvalue weighted by Gasteiger charge is 2.34. The van der Waals surface area contributed by atoms with E-state index in [0.717, 1.165) is 16.7 Å². The van der Waals surface area contributed by atoms with E-state index in [1.165, 1.54) is 25.3 Å². The second-order valence-electron chi connectivity index (χ2n) is 5.33. The van der Waals surface area contributed by atoms with E-state index in [9.17, 15) is 19.7 Å². The minimum absolute atomic E-state index is 0.00902. The highest BCUT2D eigenvalue weighted by molar-refractivity contribution is 8.18. The number of carbonyl (C=O) groups is 2. The van der Waals surface area contributed by atoms with Crippen LogP contribution in [0.1, 0.15) is 5.76 Å². The number of nitro groups is 1. The number of thioether (sulfide) groups is 1. The lowest BCUT2D eigenvalue weighted by Crippen LogP contribution is -2.31. The van der Waals surface area contributed by atoms with Crippen LogP contribution in [0.15, 0.2) is 45.7 Å². The molecule has 2 amide bonds. The molecule has 0 spiro atoms. The quantitative estimate of drug-likeness (QED) is 0.433. The van der Waals surface area contributed by atoms with Gasteiger partial charge in [0.2, 0.25) is 0 Å². The summed E-state index contributed by atoms with van der Waals surface area (Å²) in [6.07, 6.45) is 1.51. The molecule has 0 N–H and O–H groups in total. The van der Waals surface area contributed by atoms with E-state index in [1.54, 1.807) is 24.3 Å². The predicted molar refractivity (Wildman–Crippen MR) is 95.4 cm³/mol. The first kappa shape index (κ1) is 17.9. The second kappa shape index (κ2) is 7.54. The third-order valence-corrected chi connectivity index (χ3v) is 4.56. The van der Waals surface area contributed by atoms with E-state index >= 15 is 0 Å². The van der Waals surface area contributed by atoms with E-state index in [1.807, 2.05) is 0 Å². The van der Waals surface area contributed by atoms with Gasteiger partial charge in [-0.2, -0.15) is 0 Å². The van der Waals surface area contributed by atoms with Gasteiger partial charge < -0.3 is 9.15 Å². The molecular formula is C17H14N2O6S. The number of nitro benzene ring substituents is 1. The summed E-state index contributed by atoms with van der Waals surface area (Å²) in [5, 5.41) is 10.3. The van der Waals surface area contributed by atoms with E-state index in [0.29, 0.717) is 17.1 Å². The topological polar surface area (TPSA) is 103 Å². The number of carbonyl (C=O) groups excluding carboxylic acids is 2. The van der Waals surface area contributed by atoms with Gasteiger partial charge in [0.15, 0.2) is 0 Å². The Morgan fingerprint density at radius 1 is 1.23 bits per heavy atom. The van der Waals surface area contributed by atoms with Gasteiger partial charge in [0.05, 0.1) is 23.0 Å². The molecule has 0 saturated carbocycles. The van der Waals surface area contributed by atoms with Crippen LogP contribution < -0.4 is 0 Å². The van der Waals surface area contributed by atoms with Crippen LogP contribution in [0.4, 0.5) is 10.5 Å². The Morgan fingerprint density at radius 3 is 2.62 bits per heavy atom. The van der Waals surface area contributed by atoms with Crippen LogP contribution in [0.25, 0.3) is 17.4 Å². The lowest BCUT2D eigenvalue weighted by molar-refractivity contribution is -0.384. The number of nitrogens with zero attached hydrogens (tertiary/aromatic N) is 2. The summed E-state index contributed by atoms with van der Waals surface area (Å²) in [4.78, 5) is 35.8. The van der Waals surface area contributed by atoms with E-state index < -0.39 is 4.92 Å². The first-order valence-electron chi connectivity index (χ1n) is 7.58. The van der Waals surface area contributed by atoms with Crippen LogP contribution in [0.2, 0.25) is 0 Å². The lowest BCUT2D eigenvalue weighted by atomic mass is 10.1. The molecule has 2 heterocycles. The molecule has 9 heteroatoms. The maximum absolute atomic E-state index is 12.3. The molecule has 8 nitrogen and oxygen atoms in total. The molecule has 0 atom stereocenters. The molecule has 134 valence electrons. The summed E-state index contributed by atoms with van der Waals surface area (Å²) in [7, 11) is 1.50. The number of ether oxygens (including phenoxy) is 1. The summed E-state index contributed by atoms with van der Waals surface area (Å²) >= 11 is 0.845. The Balaban J connectivity index is 1.78. The van der Waals surface area contributed by atoms with Crippen LogP contribution >= 0.6 is 11.8 Å². The van der Waals surface area contributed by atoms with Crippen molar-refractivity contribution in [2.45, 2.75) is 0 Å². The van der Waals surface area contributed by atoms with Gasteiger partial charge in [-0.1, -0.05) is 0 Å². The van der Waals surface area contributed by atoms with Crippen LogP contribution in [-0.2, 0) is 9.53 Å². The summed E-state index contributed by atoms with van der Waals surface area (Å²) in [5.74, 6) is 0.533. The third-order valence-electron chi connectivity index (χ3n) is 3.66. The number of benzene rings is 1. The van der Waals surface area contributed by atoms with Crippen molar-refractivity contribution in [2.75, 3.05) is 20.3 Å². The molecule has 0 radical (unpaired) electrons.